The molecule has 13 nitrogen and oxygen atoms in total. The number of benzene rings is 1. The van der Waals surface area contributed by atoms with E-state index in [-0.39, 0.29) is 12.0 Å². The normalized spacial score (nSPS) is 19.7. The van der Waals surface area contributed by atoms with Crippen LogP contribution in [0.1, 0.15) is 37.6 Å². The average molecular weight is 657 g/mol. The van der Waals surface area contributed by atoms with Gasteiger partial charge in [-0.25, -0.2) is 4.98 Å². The molecule has 1 aromatic carbocycles. The first-order valence-corrected chi connectivity index (χ1v) is 17.6. The zero-order valence-corrected chi connectivity index (χ0v) is 28.0. The number of piperidine rings is 1. The van der Waals surface area contributed by atoms with E-state index in [2.05, 4.69) is 64.5 Å². The topological polar surface area (TPSA) is 157 Å². The number of ether oxygens (including phenoxy) is 1. The Morgan fingerprint density at radius 2 is 1.72 bits per heavy atom. The molecule has 0 aliphatic carbocycles. The van der Waals surface area contributed by atoms with Crippen molar-refractivity contribution in [2.45, 2.75) is 44.8 Å². The number of rotatable bonds is 9. The predicted octanol–water partition coefficient (Wildman–Crippen LogP) is 2.60. The third-order valence-electron chi connectivity index (χ3n) is 8.49. The fourth-order valence-corrected chi connectivity index (χ4v) is 5.97. The second-order valence-corrected chi connectivity index (χ2v) is 13.5. The molecule has 0 saturated carbocycles. The van der Waals surface area contributed by atoms with Crippen LogP contribution in [-0.2, 0) is 21.3 Å². The Balaban J connectivity index is 0.000000892. The molecule has 5 rings (SSSR count). The largest absolute Gasteiger partial charge is 0.471 e. The second-order valence-electron chi connectivity index (χ2n) is 12.0. The van der Waals surface area contributed by atoms with Crippen LogP contribution in [0.2, 0.25) is 0 Å². The van der Waals surface area contributed by atoms with Gasteiger partial charge in [-0.1, -0.05) is 20.1 Å². The molecular weight excluding hydrogens is 608 g/mol. The SMILES string of the molecule is C=CC(=O)N1CC[C@@H](Oc2nc(Nc3ccc(N4CCC(N5CCN(C)CC5)CC4)cc3)c(C(=C)N)nc2CC)C1.CS(=O)(=O)O. The Hall–Kier alpha value is -3.72. The molecule has 1 aromatic heterocycles. The standard InChI is InChI=1S/C31H44N8O2.CH4O3S/c1-5-27-31(41-26-13-16-39(21-26)28(40)6-2)35-30(29(34-27)22(3)32)33-23-7-9-24(10-8-23)37-14-11-25(12-15-37)38-19-17-36(4)18-20-38;1-5(2,3)4/h6-10,25-26H,2-3,5,11-21,32H2,1,4H3,(H,33,35);1H3,(H,2,3,4)/t26-;/m1./s1. The van der Waals surface area contributed by atoms with E-state index in [1.165, 1.54) is 50.8 Å². The Kier molecular flexibility index (Phi) is 12.0. The van der Waals surface area contributed by atoms with Gasteiger partial charge in [0.2, 0.25) is 11.8 Å². The molecule has 1 amide bonds. The summed E-state index contributed by atoms with van der Waals surface area (Å²) in [6.07, 6.45) is 5.66. The Labute approximate surface area is 272 Å². The molecule has 0 bridgehead atoms. The molecule has 1 atom stereocenters. The van der Waals surface area contributed by atoms with Crippen LogP contribution in [-0.4, -0.2) is 121 Å². The minimum absolute atomic E-state index is 0.0853. The number of hydrogen-bond acceptors (Lipinski definition) is 11. The lowest BCUT2D eigenvalue weighted by Gasteiger charge is -2.42. The van der Waals surface area contributed by atoms with E-state index in [0.717, 1.165) is 25.2 Å². The van der Waals surface area contributed by atoms with E-state index in [1.807, 2.05) is 6.92 Å². The second kappa shape index (κ2) is 15.7. The smallest absolute Gasteiger partial charge is 0.261 e. The number of nitrogens with zero attached hydrogens (tertiary/aromatic N) is 6. The Morgan fingerprint density at radius 1 is 1.09 bits per heavy atom. The Morgan fingerprint density at radius 3 is 2.28 bits per heavy atom. The van der Waals surface area contributed by atoms with Crippen molar-refractivity contribution in [3.05, 3.63) is 54.9 Å². The van der Waals surface area contributed by atoms with Crippen molar-refractivity contribution >= 4 is 38.9 Å². The highest BCUT2D eigenvalue weighted by molar-refractivity contribution is 7.85. The number of likely N-dealkylation sites (N-methyl/N-ethyl adjacent to an activating group) is 1. The number of likely N-dealkylation sites (tertiary alicyclic amines) is 1. The quantitative estimate of drug-likeness (QED) is 0.268. The first-order chi connectivity index (χ1) is 21.8. The molecule has 4 N–H and O–H groups in total. The zero-order valence-electron chi connectivity index (χ0n) is 27.2. The highest BCUT2D eigenvalue weighted by Gasteiger charge is 2.29. The number of hydrogen-bond donors (Lipinski definition) is 3. The van der Waals surface area contributed by atoms with Crippen LogP contribution in [0, 0.1) is 0 Å². The molecule has 3 fully saturated rings. The summed E-state index contributed by atoms with van der Waals surface area (Å²) in [4.78, 5) is 30.9. The maximum Gasteiger partial charge on any atom is 0.261 e. The van der Waals surface area contributed by atoms with Crippen LogP contribution in [0.25, 0.3) is 5.70 Å². The van der Waals surface area contributed by atoms with E-state index in [9.17, 15) is 13.2 Å². The molecule has 46 heavy (non-hydrogen) atoms. The molecule has 0 spiro atoms. The van der Waals surface area contributed by atoms with E-state index >= 15 is 0 Å². The highest BCUT2D eigenvalue weighted by atomic mass is 32.2. The summed E-state index contributed by atoms with van der Waals surface area (Å²) in [7, 11) is -1.45. The van der Waals surface area contributed by atoms with E-state index in [0.29, 0.717) is 60.6 Å². The van der Waals surface area contributed by atoms with E-state index in [1.54, 1.807) is 4.90 Å². The van der Waals surface area contributed by atoms with Crippen LogP contribution in [0.5, 0.6) is 5.88 Å². The van der Waals surface area contributed by atoms with Crippen LogP contribution < -0.4 is 20.7 Å². The molecule has 2 aromatic rings. The summed E-state index contributed by atoms with van der Waals surface area (Å²) in [5.41, 5.74) is 9.80. The number of carbonyl (C=O) groups is 1. The number of nitrogens with one attached hydrogen (secondary N) is 1. The third-order valence-corrected chi connectivity index (χ3v) is 8.49. The molecular formula is C32H48N8O5S. The number of aromatic nitrogens is 2. The van der Waals surface area contributed by atoms with Gasteiger partial charge < -0.3 is 30.5 Å². The van der Waals surface area contributed by atoms with Gasteiger partial charge in [0.15, 0.2) is 5.82 Å². The number of piperazine rings is 1. The van der Waals surface area contributed by atoms with Crippen molar-refractivity contribution in [3.63, 3.8) is 0 Å². The van der Waals surface area contributed by atoms with Gasteiger partial charge in [-0.05, 0) is 56.7 Å². The van der Waals surface area contributed by atoms with E-state index in [4.69, 9.17) is 25.0 Å². The first kappa shape index (κ1) is 35.1. The van der Waals surface area contributed by atoms with Gasteiger partial charge in [0.25, 0.3) is 10.1 Å². The van der Waals surface area contributed by atoms with E-state index < -0.39 is 10.1 Å². The zero-order chi connectivity index (χ0) is 33.4. The average Bonchev–Trinajstić information content (AvgIpc) is 3.49. The van der Waals surface area contributed by atoms with Crippen LogP contribution >= 0.6 is 0 Å². The van der Waals surface area contributed by atoms with Crippen molar-refractivity contribution < 1.29 is 22.5 Å². The predicted molar refractivity (Wildman–Crippen MR) is 182 cm³/mol. The summed E-state index contributed by atoms with van der Waals surface area (Å²) in [6.45, 7) is 17.5. The summed E-state index contributed by atoms with van der Waals surface area (Å²) < 4.78 is 32.1. The number of anilines is 3. The summed E-state index contributed by atoms with van der Waals surface area (Å²) in [5.74, 6) is 0.873. The monoisotopic (exact) mass is 656 g/mol. The number of carbonyl (C=O) groups excluding carboxylic acids is 1. The lowest BCUT2D eigenvalue weighted by Crippen LogP contribution is -2.52. The Bertz CT molecular complexity index is 1460. The summed E-state index contributed by atoms with van der Waals surface area (Å²) >= 11 is 0. The van der Waals surface area contributed by atoms with Crippen molar-refractivity contribution in [2.75, 3.05) is 75.9 Å². The van der Waals surface area contributed by atoms with Gasteiger partial charge >= 0.3 is 0 Å². The van der Waals surface area contributed by atoms with Gasteiger partial charge in [0.05, 0.1) is 18.5 Å². The third kappa shape index (κ3) is 9.89. The van der Waals surface area contributed by atoms with Gasteiger partial charge in [0, 0.05) is 69.7 Å². The highest BCUT2D eigenvalue weighted by Crippen LogP contribution is 2.30. The molecule has 3 saturated heterocycles. The van der Waals surface area contributed by atoms with Gasteiger partial charge in [-0.2, -0.15) is 13.4 Å². The van der Waals surface area contributed by atoms with Crippen LogP contribution in [0.3, 0.4) is 0 Å². The molecule has 14 heteroatoms. The fourth-order valence-electron chi connectivity index (χ4n) is 5.97. The summed E-state index contributed by atoms with van der Waals surface area (Å²) in [5, 5.41) is 3.39. The number of amides is 1. The number of nitrogens with two attached hydrogens (primary N) is 1. The molecule has 0 radical (unpaired) electrons. The molecule has 3 aliphatic rings. The minimum atomic E-state index is -3.67. The van der Waals surface area contributed by atoms with Gasteiger partial charge in [-0.15, -0.1) is 0 Å². The molecule has 4 heterocycles. The molecule has 252 valence electrons. The lowest BCUT2D eigenvalue weighted by molar-refractivity contribution is -0.125. The maximum absolute atomic E-state index is 12.0. The first-order valence-electron chi connectivity index (χ1n) is 15.7. The van der Waals surface area contributed by atoms with Crippen molar-refractivity contribution in [3.8, 4) is 5.88 Å². The minimum Gasteiger partial charge on any atom is -0.471 e. The van der Waals surface area contributed by atoms with Crippen molar-refractivity contribution in [1.82, 2.24) is 24.7 Å². The molecule has 0 unspecified atom stereocenters. The van der Waals surface area contributed by atoms with Gasteiger partial charge in [0.1, 0.15) is 17.5 Å². The lowest BCUT2D eigenvalue weighted by atomic mass is 10.0. The molecule has 3 aliphatic heterocycles. The van der Waals surface area contributed by atoms with Crippen molar-refractivity contribution in [1.29, 1.82) is 0 Å². The number of aryl methyl sites for hydroxylation is 1. The van der Waals surface area contributed by atoms with Gasteiger partial charge in [-0.3, -0.25) is 14.2 Å². The van der Waals surface area contributed by atoms with Crippen LogP contribution in [0.4, 0.5) is 17.2 Å². The fraction of sp³-hybridized carbons (Fsp3) is 0.531. The van der Waals surface area contributed by atoms with Crippen LogP contribution in [0.15, 0.2) is 43.5 Å². The van der Waals surface area contributed by atoms with Crippen molar-refractivity contribution in [2.24, 2.45) is 5.73 Å². The summed E-state index contributed by atoms with van der Waals surface area (Å²) in [6, 6.07) is 9.14. The maximum atomic E-state index is 12.0.